The van der Waals surface area contributed by atoms with Gasteiger partial charge in [0.2, 0.25) is 0 Å². The van der Waals surface area contributed by atoms with Crippen LogP contribution in [0.25, 0.3) is 0 Å². The van der Waals surface area contributed by atoms with Crippen molar-refractivity contribution in [3.8, 4) is 11.5 Å². The van der Waals surface area contributed by atoms with Gasteiger partial charge in [-0.15, -0.1) is 0 Å². The quantitative estimate of drug-likeness (QED) is 0.596. The summed E-state index contributed by atoms with van der Waals surface area (Å²) in [5, 5.41) is 18.2. The van der Waals surface area contributed by atoms with Gasteiger partial charge in [-0.3, -0.25) is 4.79 Å². The van der Waals surface area contributed by atoms with Gasteiger partial charge >= 0.3 is 11.9 Å². The average molecular weight is 231 g/mol. The van der Waals surface area contributed by atoms with E-state index in [1.54, 1.807) is 0 Å². The summed E-state index contributed by atoms with van der Waals surface area (Å²) >= 11 is 5.58. The van der Waals surface area contributed by atoms with Crippen molar-refractivity contribution in [3.63, 3.8) is 0 Å². The number of halogens is 1. The van der Waals surface area contributed by atoms with E-state index in [2.05, 4.69) is 4.74 Å². The first-order valence-corrected chi connectivity index (χ1v) is 4.24. The third-order valence-corrected chi connectivity index (χ3v) is 1.74. The SMILES string of the molecule is CC(=O)Oc1cc(Cl)cc(C(=O)O)c1O. The lowest BCUT2D eigenvalue weighted by Crippen LogP contribution is -2.04. The minimum atomic E-state index is -1.36. The highest BCUT2D eigenvalue weighted by Gasteiger charge is 2.17. The van der Waals surface area contributed by atoms with Crippen molar-refractivity contribution in [3.05, 3.63) is 22.7 Å². The zero-order valence-electron chi connectivity index (χ0n) is 7.65. The van der Waals surface area contributed by atoms with E-state index >= 15 is 0 Å². The first kappa shape index (κ1) is 11.3. The van der Waals surface area contributed by atoms with Crippen molar-refractivity contribution in [2.75, 3.05) is 0 Å². The Hall–Kier alpha value is -1.75. The fourth-order valence-electron chi connectivity index (χ4n) is 0.970. The summed E-state index contributed by atoms with van der Waals surface area (Å²) in [6.07, 6.45) is 0. The number of carboxylic acids is 1. The third-order valence-electron chi connectivity index (χ3n) is 1.52. The van der Waals surface area contributed by atoms with Crippen LogP contribution in [0.1, 0.15) is 17.3 Å². The Bertz CT molecular complexity index is 427. The fourth-order valence-corrected chi connectivity index (χ4v) is 1.18. The van der Waals surface area contributed by atoms with E-state index in [1.165, 1.54) is 0 Å². The summed E-state index contributed by atoms with van der Waals surface area (Å²) in [7, 11) is 0. The molecule has 80 valence electrons. The molecule has 0 aliphatic rings. The Morgan fingerprint density at radius 1 is 1.40 bits per heavy atom. The standard InChI is InChI=1S/C9H7ClO5/c1-4(11)15-7-3-5(10)2-6(8(7)12)9(13)14/h2-3,12H,1H3,(H,13,14). The largest absolute Gasteiger partial charge is 0.504 e. The molecule has 0 aliphatic heterocycles. The monoisotopic (exact) mass is 230 g/mol. The second-order valence-electron chi connectivity index (χ2n) is 2.70. The third kappa shape index (κ3) is 2.60. The Labute approximate surface area is 89.9 Å². The summed E-state index contributed by atoms with van der Waals surface area (Å²) < 4.78 is 4.58. The lowest BCUT2D eigenvalue weighted by Gasteiger charge is -2.07. The normalized spacial score (nSPS) is 9.73. The topological polar surface area (TPSA) is 83.8 Å². The van der Waals surface area contributed by atoms with Crippen LogP contribution in [0.2, 0.25) is 5.02 Å². The molecule has 1 aromatic rings. The minimum absolute atomic E-state index is 0.0569. The maximum atomic E-state index is 10.7. The number of carboxylic acid groups (broad SMARTS) is 1. The second-order valence-corrected chi connectivity index (χ2v) is 3.14. The first-order chi connectivity index (χ1) is 6.91. The van der Waals surface area contributed by atoms with Crippen molar-refractivity contribution in [1.29, 1.82) is 0 Å². The minimum Gasteiger partial charge on any atom is -0.504 e. The average Bonchev–Trinajstić information content (AvgIpc) is 2.09. The molecule has 2 N–H and O–H groups in total. The molecule has 0 amide bonds. The number of benzene rings is 1. The van der Waals surface area contributed by atoms with E-state index < -0.39 is 23.3 Å². The highest BCUT2D eigenvalue weighted by atomic mass is 35.5. The molecule has 0 fully saturated rings. The van der Waals surface area contributed by atoms with Crippen LogP contribution in [0, 0.1) is 0 Å². The zero-order valence-corrected chi connectivity index (χ0v) is 8.41. The summed E-state index contributed by atoms with van der Waals surface area (Å²) in [5.41, 5.74) is -0.418. The highest BCUT2D eigenvalue weighted by Crippen LogP contribution is 2.33. The summed E-state index contributed by atoms with van der Waals surface area (Å²) in [6.45, 7) is 1.13. The van der Waals surface area contributed by atoms with Gasteiger partial charge in [0.25, 0.3) is 0 Å². The number of ether oxygens (including phenoxy) is 1. The van der Waals surface area contributed by atoms with Crippen molar-refractivity contribution >= 4 is 23.5 Å². The first-order valence-electron chi connectivity index (χ1n) is 3.86. The van der Waals surface area contributed by atoms with E-state index in [9.17, 15) is 14.7 Å². The van der Waals surface area contributed by atoms with Gasteiger partial charge in [-0.05, 0) is 6.07 Å². The molecule has 0 radical (unpaired) electrons. The van der Waals surface area contributed by atoms with Crippen molar-refractivity contribution < 1.29 is 24.5 Å². The molecule has 1 aromatic carbocycles. The molecule has 0 atom stereocenters. The number of carbonyl (C=O) groups excluding carboxylic acids is 1. The predicted molar refractivity (Wildman–Crippen MR) is 51.4 cm³/mol. The van der Waals surface area contributed by atoms with Gasteiger partial charge in [0, 0.05) is 18.0 Å². The lowest BCUT2D eigenvalue weighted by molar-refractivity contribution is -0.132. The van der Waals surface area contributed by atoms with Crippen LogP contribution < -0.4 is 4.74 Å². The molecular formula is C9H7ClO5. The molecule has 15 heavy (non-hydrogen) atoms. The van der Waals surface area contributed by atoms with Crippen LogP contribution in [0.4, 0.5) is 0 Å². The highest BCUT2D eigenvalue weighted by molar-refractivity contribution is 6.31. The predicted octanol–water partition coefficient (Wildman–Crippen LogP) is 1.67. The van der Waals surface area contributed by atoms with Gasteiger partial charge < -0.3 is 14.9 Å². The second kappa shape index (κ2) is 4.18. The molecule has 0 saturated carbocycles. The maximum Gasteiger partial charge on any atom is 0.339 e. The van der Waals surface area contributed by atoms with Crippen LogP contribution >= 0.6 is 11.6 Å². The molecule has 0 heterocycles. The molecule has 5 nitrogen and oxygen atoms in total. The number of aromatic hydroxyl groups is 1. The molecule has 0 saturated heterocycles. The van der Waals surface area contributed by atoms with Crippen molar-refractivity contribution in [2.45, 2.75) is 6.92 Å². The summed E-state index contributed by atoms with van der Waals surface area (Å²) in [5.74, 6) is -2.93. The van der Waals surface area contributed by atoms with Crippen molar-refractivity contribution in [1.82, 2.24) is 0 Å². The maximum absolute atomic E-state index is 10.7. The molecule has 6 heteroatoms. The van der Waals surface area contributed by atoms with Crippen LogP contribution in [-0.2, 0) is 4.79 Å². The van der Waals surface area contributed by atoms with E-state index in [1.807, 2.05) is 0 Å². The Morgan fingerprint density at radius 3 is 2.47 bits per heavy atom. The number of esters is 1. The molecule has 0 spiro atoms. The summed E-state index contributed by atoms with van der Waals surface area (Å²) in [4.78, 5) is 21.3. The number of hydrogen-bond acceptors (Lipinski definition) is 4. The lowest BCUT2D eigenvalue weighted by atomic mass is 10.2. The number of rotatable bonds is 2. The molecular weight excluding hydrogens is 224 g/mol. The van der Waals surface area contributed by atoms with Crippen LogP contribution in [0.5, 0.6) is 11.5 Å². The van der Waals surface area contributed by atoms with Gasteiger partial charge in [0.05, 0.1) is 0 Å². The van der Waals surface area contributed by atoms with Gasteiger partial charge in [0.1, 0.15) is 5.56 Å². The molecule has 0 bridgehead atoms. The molecule has 0 aliphatic carbocycles. The van der Waals surface area contributed by atoms with Crippen LogP contribution in [0.3, 0.4) is 0 Å². The fraction of sp³-hybridized carbons (Fsp3) is 0.111. The van der Waals surface area contributed by atoms with Crippen LogP contribution in [0.15, 0.2) is 12.1 Å². The van der Waals surface area contributed by atoms with Crippen LogP contribution in [-0.4, -0.2) is 22.2 Å². The van der Waals surface area contributed by atoms with Gasteiger partial charge in [-0.25, -0.2) is 4.79 Å². The van der Waals surface area contributed by atoms with E-state index in [0.717, 1.165) is 19.1 Å². The molecule has 0 unspecified atom stereocenters. The Morgan fingerprint density at radius 2 is 2.00 bits per heavy atom. The van der Waals surface area contributed by atoms with Gasteiger partial charge in [-0.1, -0.05) is 11.6 Å². The van der Waals surface area contributed by atoms with Crippen molar-refractivity contribution in [2.24, 2.45) is 0 Å². The van der Waals surface area contributed by atoms with Gasteiger partial charge in [-0.2, -0.15) is 0 Å². The van der Waals surface area contributed by atoms with Gasteiger partial charge in [0.15, 0.2) is 11.5 Å². The smallest absolute Gasteiger partial charge is 0.339 e. The summed E-state index contributed by atoms with van der Waals surface area (Å²) in [6, 6.07) is 2.22. The zero-order chi connectivity index (χ0) is 11.6. The number of phenols is 1. The number of hydrogen-bond donors (Lipinski definition) is 2. The molecule has 1 rings (SSSR count). The molecule has 0 aromatic heterocycles. The number of carbonyl (C=O) groups is 2. The number of aromatic carboxylic acids is 1. The van der Waals surface area contributed by atoms with E-state index in [4.69, 9.17) is 16.7 Å². The Kier molecular flexibility index (Phi) is 3.16. The van der Waals surface area contributed by atoms with E-state index in [0.29, 0.717) is 0 Å². The Balaban J connectivity index is 3.28. The van der Waals surface area contributed by atoms with E-state index in [-0.39, 0.29) is 10.8 Å².